The molecule has 0 radical (unpaired) electrons. The van der Waals surface area contributed by atoms with Crippen molar-refractivity contribution in [2.24, 2.45) is 11.8 Å². The number of carbonyl (C=O) groups excluding carboxylic acids is 4. The molecule has 2 fully saturated rings. The first kappa shape index (κ1) is 35.2. The number of benzene rings is 1. The van der Waals surface area contributed by atoms with E-state index in [9.17, 15) is 19.2 Å². The van der Waals surface area contributed by atoms with Gasteiger partial charge in [-0.1, -0.05) is 63.2 Å². The summed E-state index contributed by atoms with van der Waals surface area (Å²) in [4.78, 5) is 58.5. The number of aromatic nitrogens is 1. The van der Waals surface area contributed by atoms with Crippen LogP contribution in [-0.4, -0.2) is 102 Å². The van der Waals surface area contributed by atoms with Gasteiger partial charge in [0.05, 0.1) is 19.2 Å². The predicted octanol–water partition coefficient (Wildman–Crippen LogP) is 2.18. The highest BCUT2D eigenvalue weighted by Crippen LogP contribution is 2.29. The topological polar surface area (TPSA) is 149 Å². The first-order chi connectivity index (χ1) is 21.8. The SMILES string of the molecule is CC(C)C[C@H](NC(=O)c1cc(CN2CCN(C)CC2)on1)C(=O)N[C@@H](Cc1ccccc1)C(=O)N[C@@H](CC(C)C)C(=O)[C@@]1(C)CO1. The molecule has 3 amide bonds. The molecule has 252 valence electrons. The van der Waals surface area contributed by atoms with E-state index in [-0.39, 0.29) is 29.7 Å². The molecule has 1 aromatic heterocycles. The number of hydrogen-bond donors (Lipinski definition) is 3. The van der Waals surface area contributed by atoms with Crippen molar-refractivity contribution in [2.45, 2.75) is 84.2 Å². The van der Waals surface area contributed by atoms with Crippen molar-refractivity contribution in [3.8, 4) is 0 Å². The fourth-order valence-electron chi connectivity index (χ4n) is 5.58. The number of likely N-dealkylation sites (N-methyl/N-ethyl adjacent to an activating group) is 1. The molecule has 0 bridgehead atoms. The second-order valence-electron chi connectivity index (χ2n) is 13.7. The van der Waals surface area contributed by atoms with Crippen LogP contribution >= 0.6 is 0 Å². The second kappa shape index (κ2) is 15.8. The van der Waals surface area contributed by atoms with E-state index in [1.165, 1.54) is 0 Å². The molecular weight excluding hydrogens is 588 g/mol. The maximum absolute atomic E-state index is 13.8. The molecule has 0 unspecified atom stereocenters. The number of nitrogens with zero attached hydrogens (tertiary/aromatic N) is 3. The smallest absolute Gasteiger partial charge is 0.274 e. The Morgan fingerprint density at radius 3 is 2.07 bits per heavy atom. The summed E-state index contributed by atoms with van der Waals surface area (Å²) in [6.45, 7) is 14.2. The molecule has 12 heteroatoms. The fourth-order valence-corrected chi connectivity index (χ4v) is 5.58. The molecule has 1 aromatic carbocycles. The van der Waals surface area contributed by atoms with Crippen LogP contribution in [0.25, 0.3) is 0 Å². The van der Waals surface area contributed by atoms with E-state index in [4.69, 9.17) is 9.26 Å². The maximum atomic E-state index is 13.8. The minimum atomic E-state index is -0.987. The second-order valence-corrected chi connectivity index (χ2v) is 13.7. The van der Waals surface area contributed by atoms with Crippen LogP contribution in [0.5, 0.6) is 0 Å². The number of nitrogens with one attached hydrogen (secondary N) is 3. The van der Waals surface area contributed by atoms with Crippen molar-refractivity contribution in [2.75, 3.05) is 39.8 Å². The molecule has 2 aliphatic heterocycles. The fraction of sp³-hybridized carbons (Fsp3) is 0.618. The highest BCUT2D eigenvalue weighted by atomic mass is 16.6. The molecular formula is C34H50N6O6. The number of amides is 3. The minimum absolute atomic E-state index is 0.0647. The lowest BCUT2D eigenvalue weighted by Crippen LogP contribution is -2.57. The highest BCUT2D eigenvalue weighted by Gasteiger charge is 2.50. The van der Waals surface area contributed by atoms with Crippen LogP contribution in [0.4, 0.5) is 0 Å². The Kier molecular flexibility index (Phi) is 12.1. The molecule has 2 aliphatic rings. The van der Waals surface area contributed by atoms with E-state index >= 15 is 0 Å². The van der Waals surface area contributed by atoms with Crippen LogP contribution in [0.1, 0.15) is 69.3 Å². The van der Waals surface area contributed by atoms with Crippen molar-refractivity contribution in [3.05, 3.63) is 53.4 Å². The summed E-state index contributed by atoms with van der Waals surface area (Å²) >= 11 is 0. The molecule has 0 aliphatic carbocycles. The third kappa shape index (κ3) is 10.2. The Hall–Kier alpha value is -3.61. The first-order valence-corrected chi connectivity index (χ1v) is 16.3. The van der Waals surface area contributed by atoms with Crippen molar-refractivity contribution in [3.63, 3.8) is 0 Å². The summed E-state index contributed by atoms with van der Waals surface area (Å²) < 4.78 is 10.8. The summed E-state index contributed by atoms with van der Waals surface area (Å²) in [5.41, 5.74) is 0.0329. The summed E-state index contributed by atoms with van der Waals surface area (Å²) in [5.74, 6) is -0.890. The Bertz CT molecular complexity index is 1330. The largest absolute Gasteiger partial charge is 0.361 e. The summed E-state index contributed by atoms with van der Waals surface area (Å²) in [6.07, 6.45) is 0.986. The van der Waals surface area contributed by atoms with Crippen LogP contribution in [0, 0.1) is 11.8 Å². The van der Waals surface area contributed by atoms with Crippen molar-refractivity contribution in [1.82, 2.24) is 30.9 Å². The van der Waals surface area contributed by atoms with E-state index in [0.717, 1.165) is 31.7 Å². The zero-order chi connectivity index (χ0) is 33.4. The van der Waals surface area contributed by atoms with Crippen molar-refractivity contribution in [1.29, 1.82) is 0 Å². The molecule has 2 aromatic rings. The van der Waals surface area contributed by atoms with Gasteiger partial charge < -0.3 is 30.1 Å². The zero-order valence-corrected chi connectivity index (χ0v) is 28.0. The van der Waals surface area contributed by atoms with Crippen LogP contribution in [0.3, 0.4) is 0 Å². The molecule has 3 heterocycles. The number of Topliss-reactive ketones (excluding diaryl/α,β-unsaturated/α-hetero) is 1. The number of ketones is 1. The van der Waals surface area contributed by atoms with Gasteiger partial charge in [-0.15, -0.1) is 0 Å². The average molecular weight is 639 g/mol. The van der Waals surface area contributed by atoms with Crippen molar-refractivity contribution < 1.29 is 28.4 Å². The normalized spacial score (nSPS) is 20.6. The Morgan fingerprint density at radius 2 is 1.46 bits per heavy atom. The molecule has 0 spiro atoms. The van der Waals surface area contributed by atoms with Crippen LogP contribution in [0.2, 0.25) is 0 Å². The highest BCUT2D eigenvalue weighted by molar-refractivity contribution is 5.99. The van der Waals surface area contributed by atoms with E-state index in [0.29, 0.717) is 31.8 Å². The van der Waals surface area contributed by atoms with Gasteiger partial charge in [0, 0.05) is 38.7 Å². The van der Waals surface area contributed by atoms with E-state index < -0.39 is 41.4 Å². The van der Waals surface area contributed by atoms with Gasteiger partial charge in [-0.2, -0.15) is 0 Å². The van der Waals surface area contributed by atoms with Gasteiger partial charge in [-0.3, -0.25) is 24.1 Å². The molecule has 4 rings (SSSR count). The van der Waals surface area contributed by atoms with Gasteiger partial charge >= 0.3 is 0 Å². The lowest BCUT2D eigenvalue weighted by atomic mass is 9.93. The third-order valence-corrected chi connectivity index (χ3v) is 8.45. The van der Waals surface area contributed by atoms with Gasteiger partial charge in [-0.05, 0) is 44.2 Å². The quantitative estimate of drug-likeness (QED) is 0.235. The zero-order valence-electron chi connectivity index (χ0n) is 28.0. The monoisotopic (exact) mass is 638 g/mol. The van der Waals surface area contributed by atoms with Gasteiger partial charge in [0.25, 0.3) is 5.91 Å². The van der Waals surface area contributed by atoms with Gasteiger partial charge in [-0.25, -0.2) is 0 Å². The molecule has 12 nitrogen and oxygen atoms in total. The molecule has 3 N–H and O–H groups in total. The molecule has 4 atom stereocenters. The number of ether oxygens (including phenoxy) is 1. The van der Waals surface area contributed by atoms with Crippen LogP contribution < -0.4 is 16.0 Å². The van der Waals surface area contributed by atoms with Gasteiger partial charge in [0.15, 0.2) is 17.2 Å². The van der Waals surface area contributed by atoms with Gasteiger partial charge in [0.2, 0.25) is 11.8 Å². The number of carbonyl (C=O) groups is 4. The predicted molar refractivity (Wildman–Crippen MR) is 173 cm³/mol. The third-order valence-electron chi connectivity index (χ3n) is 8.45. The number of rotatable bonds is 16. The number of piperazine rings is 1. The summed E-state index contributed by atoms with van der Waals surface area (Å²) in [5, 5.41) is 12.6. The lowest BCUT2D eigenvalue weighted by Gasteiger charge is -2.31. The standard InChI is InChI=1S/C34H50N6O6/c1-22(2)16-26(30(41)34(5)21-45-34)35-32(43)28(18-24-10-8-7-9-11-24)37-31(42)27(17-23(3)4)36-33(44)29-19-25(46-38-29)20-40-14-12-39(6)13-15-40/h7-11,19,22-23,26-28H,12-18,20-21H2,1-6H3,(H,35,43)(H,36,44)(H,37,42)/t26-,27-,28-,34+/m0/s1. The summed E-state index contributed by atoms with van der Waals surface area (Å²) in [7, 11) is 2.09. The van der Waals surface area contributed by atoms with Crippen LogP contribution in [-0.2, 0) is 32.1 Å². The van der Waals surface area contributed by atoms with E-state index in [2.05, 4.69) is 38.0 Å². The Balaban J connectivity index is 1.46. The average Bonchev–Trinajstić information content (AvgIpc) is 3.59. The Labute approximate surface area is 271 Å². The van der Waals surface area contributed by atoms with E-state index in [1.807, 2.05) is 58.0 Å². The minimum Gasteiger partial charge on any atom is -0.361 e. The molecule has 46 heavy (non-hydrogen) atoms. The Morgan fingerprint density at radius 1 is 0.870 bits per heavy atom. The van der Waals surface area contributed by atoms with E-state index in [1.54, 1.807) is 13.0 Å². The number of hydrogen-bond acceptors (Lipinski definition) is 9. The van der Waals surface area contributed by atoms with Crippen LogP contribution in [0.15, 0.2) is 40.9 Å². The summed E-state index contributed by atoms with van der Waals surface area (Å²) in [6, 6.07) is 8.29. The number of epoxide rings is 1. The first-order valence-electron chi connectivity index (χ1n) is 16.3. The van der Waals surface area contributed by atoms with Crippen molar-refractivity contribution >= 4 is 23.5 Å². The maximum Gasteiger partial charge on any atom is 0.274 e. The lowest BCUT2D eigenvalue weighted by molar-refractivity contribution is -0.133. The molecule has 0 saturated carbocycles. The van der Waals surface area contributed by atoms with Gasteiger partial charge in [0.1, 0.15) is 17.7 Å². The molecule has 2 saturated heterocycles.